The number of fused-ring (bicyclic) bond motifs is 1. The number of esters is 1. The van der Waals surface area contributed by atoms with E-state index in [1.807, 2.05) is 13.1 Å². The van der Waals surface area contributed by atoms with Crippen molar-refractivity contribution >= 4 is 17.0 Å². The first-order chi connectivity index (χ1) is 8.74. The van der Waals surface area contributed by atoms with Crippen LogP contribution >= 0.6 is 0 Å². The van der Waals surface area contributed by atoms with Crippen molar-refractivity contribution in [1.82, 2.24) is 15.3 Å². The molecule has 5 nitrogen and oxygen atoms in total. The maximum atomic E-state index is 11.4. The highest BCUT2D eigenvalue weighted by Gasteiger charge is 2.08. The second-order valence-corrected chi connectivity index (χ2v) is 4.11. The Kier molecular flexibility index (Phi) is 3.94. The topological polar surface area (TPSA) is 67.0 Å². The number of carbonyl (C=O) groups is 1. The lowest BCUT2D eigenvalue weighted by atomic mass is 10.2. The van der Waals surface area contributed by atoms with Gasteiger partial charge in [-0.15, -0.1) is 0 Å². The zero-order valence-electron chi connectivity index (χ0n) is 10.6. The molecule has 0 unspecified atom stereocenters. The second-order valence-electron chi connectivity index (χ2n) is 4.11. The number of ether oxygens (including phenoxy) is 1. The van der Waals surface area contributed by atoms with Gasteiger partial charge in [0.2, 0.25) is 0 Å². The number of rotatable bonds is 5. The average Bonchev–Trinajstić information content (AvgIpc) is 2.79. The van der Waals surface area contributed by atoms with Crippen LogP contribution in [0.1, 0.15) is 22.6 Å². The lowest BCUT2D eigenvalue weighted by Crippen LogP contribution is -2.08. The molecule has 2 rings (SSSR count). The van der Waals surface area contributed by atoms with Gasteiger partial charge < -0.3 is 15.0 Å². The molecule has 0 bridgehead atoms. The first-order valence-electron chi connectivity index (χ1n) is 5.96. The van der Waals surface area contributed by atoms with Crippen molar-refractivity contribution < 1.29 is 9.53 Å². The molecule has 0 amide bonds. The number of aromatic amines is 1. The molecular weight excluding hydrogens is 230 g/mol. The fraction of sp³-hybridized carbons (Fsp3) is 0.385. The predicted octanol–water partition coefficient (Wildman–Crippen LogP) is 1.50. The molecule has 96 valence electrons. The fourth-order valence-corrected chi connectivity index (χ4v) is 1.86. The van der Waals surface area contributed by atoms with Crippen LogP contribution in [0.2, 0.25) is 0 Å². The lowest BCUT2D eigenvalue weighted by Gasteiger charge is -1.97. The number of benzene rings is 1. The van der Waals surface area contributed by atoms with Crippen molar-refractivity contribution in [2.24, 2.45) is 0 Å². The highest BCUT2D eigenvalue weighted by Crippen LogP contribution is 2.15. The largest absolute Gasteiger partial charge is 0.465 e. The highest BCUT2D eigenvalue weighted by molar-refractivity contribution is 5.93. The summed E-state index contributed by atoms with van der Waals surface area (Å²) in [6, 6.07) is 5.34. The van der Waals surface area contributed by atoms with E-state index >= 15 is 0 Å². The summed E-state index contributed by atoms with van der Waals surface area (Å²) in [6.07, 6.45) is 1.92. The number of methoxy groups -OCH3 is 1. The molecule has 2 aromatic rings. The molecule has 0 fully saturated rings. The summed E-state index contributed by atoms with van der Waals surface area (Å²) in [5.41, 5.74) is 2.29. The highest BCUT2D eigenvalue weighted by atomic mass is 16.5. The average molecular weight is 247 g/mol. The molecule has 1 aromatic heterocycles. The molecule has 0 aliphatic carbocycles. The summed E-state index contributed by atoms with van der Waals surface area (Å²) in [5.74, 6) is 0.616. The summed E-state index contributed by atoms with van der Waals surface area (Å²) in [4.78, 5) is 19.1. The normalized spacial score (nSPS) is 10.8. The zero-order chi connectivity index (χ0) is 13.0. The van der Waals surface area contributed by atoms with E-state index < -0.39 is 0 Å². The summed E-state index contributed by atoms with van der Waals surface area (Å²) >= 11 is 0. The van der Waals surface area contributed by atoms with E-state index in [1.165, 1.54) is 7.11 Å². The van der Waals surface area contributed by atoms with Gasteiger partial charge in [-0.2, -0.15) is 0 Å². The first-order valence-corrected chi connectivity index (χ1v) is 5.96. The van der Waals surface area contributed by atoms with E-state index in [0.29, 0.717) is 5.56 Å². The van der Waals surface area contributed by atoms with Crippen LogP contribution in [0, 0.1) is 0 Å². The Bertz CT molecular complexity index is 548. The van der Waals surface area contributed by atoms with Crippen molar-refractivity contribution in [3.63, 3.8) is 0 Å². The number of hydrogen-bond donors (Lipinski definition) is 2. The maximum Gasteiger partial charge on any atom is 0.337 e. The standard InChI is InChI=1S/C13H17N3O2/c1-14-7-3-4-12-15-10-6-5-9(13(17)18-2)8-11(10)16-12/h5-6,8,14H,3-4,7H2,1-2H3,(H,15,16). The molecule has 0 atom stereocenters. The number of carbonyl (C=O) groups excluding carboxylic acids is 1. The van der Waals surface area contributed by atoms with Gasteiger partial charge >= 0.3 is 5.97 Å². The molecule has 18 heavy (non-hydrogen) atoms. The lowest BCUT2D eigenvalue weighted by molar-refractivity contribution is 0.0601. The van der Waals surface area contributed by atoms with E-state index in [4.69, 9.17) is 0 Å². The van der Waals surface area contributed by atoms with Gasteiger partial charge in [0.25, 0.3) is 0 Å². The van der Waals surface area contributed by atoms with Crippen LogP contribution in [-0.2, 0) is 11.2 Å². The molecular formula is C13H17N3O2. The van der Waals surface area contributed by atoms with Gasteiger partial charge in [-0.1, -0.05) is 0 Å². The third kappa shape index (κ3) is 2.68. The van der Waals surface area contributed by atoms with E-state index in [9.17, 15) is 4.79 Å². The summed E-state index contributed by atoms with van der Waals surface area (Å²) in [7, 11) is 3.31. The van der Waals surface area contributed by atoms with Crippen LogP contribution in [0.15, 0.2) is 18.2 Å². The third-order valence-corrected chi connectivity index (χ3v) is 2.79. The predicted molar refractivity (Wildman–Crippen MR) is 69.7 cm³/mol. The molecule has 0 aliphatic rings. The van der Waals surface area contributed by atoms with Crippen molar-refractivity contribution in [2.75, 3.05) is 20.7 Å². The van der Waals surface area contributed by atoms with E-state index in [0.717, 1.165) is 36.2 Å². The molecule has 1 heterocycles. The SMILES string of the molecule is CNCCCc1nc2ccc(C(=O)OC)cc2[nH]1. The molecule has 5 heteroatoms. The van der Waals surface area contributed by atoms with Crippen LogP contribution in [0.25, 0.3) is 11.0 Å². The number of aryl methyl sites for hydroxylation is 1. The number of imidazole rings is 1. The van der Waals surface area contributed by atoms with Crippen LogP contribution in [0.5, 0.6) is 0 Å². The van der Waals surface area contributed by atoms with Gasteiger partial charge in [-0.05, 0) is 38.2 Å². The van der Waals surface area contributed by atoms with Crippen molar-refractivity contribution in [3.05, 3.63) is 29.6 Å². The number of nitrogens with zero attached hydrogens (tertiary/aromatic N) is 1. The zero-order valence-corrected chi connectivity index (χ0v) is 10.6. The Hall–Kier alpha value is -1.88. The maximum absolute atomic E-state index is 11.4. The van der Waals surface area contributed by atoms with E-state index in [1.54, 1.807) is 12.1 Å². The monoisotopic (exact) mass is 247 g/mol. The van der Waals surface area contributed by atoms with Gasteiger partial charge in [0, 0.05) is 6.42 Å². The van der Waals surface area contributed by atoms with Crippen molar-refractivity contribution in [2.45, 2.75) is 12.8 Å². The minimum Gasteiger partial charge on any atom is -0.465 e. The summed E-state index contributed by atoms with van der Waals surface area (Å²) in [5, 5.41) is 3.10. The Morgan fingerprint density at radius 1 is 1.50 bits per heavy atom. The van der Waals surface area contributed by atoms with Crippen LogP contribution in [0.4, 0.5) is 0 Å². The van der Waals surface area contributed by atoms with Crippen LogP contribution in [0.3, 0.4) is 0 Å². The summed E-state index contributed by atoms with van der Waals surface area (Å²) in [6.45, 7) is 0.963. The second kappa shape index (κ2) is 5.64. The van der Waals surface area contributed by atoms with Crippen molar-refractivity contribution in [1.29, 1.82) is 0 Å². The molecule has 1 aromatic carbocycles. The molecule has 0 radical (unpaired) electrons. The molecule has 0 spiro atoms. The van der Waals surface area contributed by atoms with Gasteiger partial charge in [-0.3, -0.25) is 0 Å². The Labute approximate surface area is 106 Å². The van der Waals surface area contributed by atoms with Crippen LogP contribution in [-0.4, -0.2) is 36.6 Å². The number of nitrogens with one attached hydrogen (secondary N) is 2. The number of hydrogen-bond acceptors (Lipinski definition) is 4. The number of aromatic nitrogens is 2. The van der Waals surface area contributed by atoms with Gasteiger partial charge in [0.1, 0.15) is 5.82 Å². The molecule has 0 saturated carbocycles. The minimum atomic E-state index is -0.330. The van der Waals surface area contributed by atoms with E-state index in [-0.39, 0.29) is 5.97 Å². The molecule has 0 saturated heterocycles. The minimum absolute atomic E-state index is 0.330. The quantitative estimate of drug-likeness (QED) is 0.620. The molecule has 2 N–H and O–H groups in total. The Morgan fingerprint density at radius 2 is 2.33 bits per heavy atom. The van der Waals surface area contributed by atoms with Gasteiger partial charge in [0.05, 0.1) is 23.7 Å². The van der Waals surface area contributed by atoms with Crippen molar-refractivity contribution in [3.8, 4) is 0 Å². The first kappa shape index (κ1) is 12.6. The summed E-state index contributed by atoms with van der Waals surface area (Å²) < 4.78 is 4.69. The van der Waals surface area contributed by atoms with Crippen LogP contribution < -0.4 is 5.32 Å². The molecule has 0 aliphatic heterocycles. The van der Waals surface area contributed by atoms with Gasteiger partial charge in [0.15, 0.2) is 0 Å². The Morgan fingerprint density at radius 3 is 3.06 bits per heavy atom. The smallest absolute Gasteiger partial charge is 0.337 e. The Balaban J connectivity index is 2.20. The van der Waals surface area contributed by atoms with E-state index in [2.05, 4.69) is 20.0 Å². The fourth-order valence-electron chi connectivity index (χ4n) is 1.86. The van der Waals surface area contributed by atoms with Gasteiger partial charge in [-0.25, -0.2) is 9.78 Å². The third-order valence-electron chi connectivity index (χ3n) is 2.79. The number of H-pyrrole nitrogens is 1.